The van der Waals surface area contributed by atoms with Gasteiger partial charge >= 0.3 is 0 Å². The fourth-order valence-corrected chi connectivity index (χ4v) is 2.22. The van der Waals surface area contributed by atoms with Gasteiger partial charge in [-0.2, -0.15) is 0 Å². The maximum absolute atomic E-state index is 10.6. The van der Waals surface area contributed by atoms with Crippen LogP contribution in [0, 0.1) is 11.8 Å². The Bertz CT molecular complexity index is 109. The highest BCUT2D eigenvalue weighted by Gasteiger charge is 2.19. The summed E-state index contributed by atoms with van der Waals surface area (Å²) in [6, 6.07) is 0. The van der Waals surface area contributed by atoms with Crippen molar-refractivity contribution in [2.24, 2.45) is 11.8 Å². The van der Waals surface area contributed by atoms with Crippen molar-refractivity contribution in [2.75, 3.05) is 11.0 Å². The van der Waals surface area contributed by atoms with Gasteiger partial charge in [0.25, 0.3) is 0 Å². The molecule has 0 aliphatic carbocycles. The molecule has 73 valence electrons. The van der Waals surface area contributed by atoms with E-state index in [1.807, 2.05) is 0 Å². The Kier molecular flexibility index (Phi) is 8.71. The van der Waals surface area contributed by atoms with Crippen LogP contribution in [0.15, 0.2) is 0 Å². The molecular formula is C9H17I2O. The van der Waals surface area contributed by atoms with Crippen molar-refractivity contribution < 1.29 is 5.11 Å². The van der Waals surface area contributed by atoms with Crippen LogP contribution in [0.25, 0.3) is 0 Å². The lowest BCUT2D eigenvalue weighted by molar-refractivity contribution is 0.143. The van der Waals surface area contributed by atoms with Gasteiger partial charge in [0.05, 0.1) is 6.61 Å². The zero-order chi connectivity index (χ0) is 9.56. The zero-order valence-electron chi connectivity index (χ0n) is 7.72. The van der Waals surface area contributed by atoms with Crippen molar-refractivity contribution in [3.8, 4) is 0 Å². The molecule has 0 N–H and O–H groups in total. The van der Waals surface area contributed by atoms with Gasteiger partial charge in [0, 0.05) is 3.92 Å². The third-order valence-electron chi connectivity index (χ3n) is 2.14. The van der Waals surface area contributed by atoms with Gasteiger partial charge in [-0.1, -0.05) is 59.0 Å². The molecule has 0 heterocycles. The standard InChI is InChI=1S/C9H17I2O/c1-7(4-3-5-10)9(11)8(2)6-12/h7-9H,3-6H2,1-2H3. The van der Waals surface area contributed by atoms with Crippen LogP contribution in [-0.4, -0.2) is 15.0 Å². The molecule has 0 aliphatic heterocycles. The van der Waals surface area contributed by atoms with Gasteiger partial charge in [0.1, 0.15) is 0 Å². The lowest BCUT2D eigenvalue weighted by Gasteiger charge is -2.22. The summed E-state index contributed by atoms with van der Waals surface area (Å²) in [6.45, 7) is 4.39. The monoisotopic (exact) mass is 395 g/mol. The SMILES string of the molecule is CC(C[O])C(I)C(C)CCCI. The quantitative estimate of drug-likeness (QED) is 0.483. The molecule has 0 aromatic heterocycles. The van der Waals surface area contributed by atoms with Gasteiger partial charge in [0.2, 0.25) is 0 Å². The van der Waals surface area contributed by atoms with Crippen LogP contribution >= 0.6 is 45.2 Å². The summed E-state index contributed by atoms with van der Waals surface area (Å²) < 4.78 is 1.79. The van der Waals surface area contributed by atoms with E-state index in [0.717, 1.165) is 0 Å². The number of alkyl halides is 2. The Balaban J connectivity index is 3.67. The van der Waals surface area contributed by atoms with Crippen LogP contribution in [0.2, 0.25) is 0 Å². The third-order valence-corrected chi connectivity index (χ3v) is 5.36. The number of halogens is 2. The smallest absolute Gasteiger partial charge is 0.0857 e. The second kappa shape index (κ2) is 7.79. The minimum absolute atomic E-state index is 0.0716. The first kappa shape index (κ1) is 13.4. The van der Waals surface area contributed by atoms with Crippen LogP contribution < -0.4 is 0 Å². The highest BCUT2D eigenvalue weighted by Crippen LogP contribution is 2.25. The van der Waals surface area contributed by atoms with Crippen LogP contribution in [0.3, 0.4) is 0 Å². The van der Waals surface area contributed by atoms with E-state index >= 15 is 0 Å². The molecule has 0 saturated carbocycles. The van der Waals surface area contributed by atoms with E-state index in [2.05, 4.69) is 59.0 Å². The van der Waals surface area contributed by atoms with Crippen molar-refractivity contribution in [1.82, 2.24) is 0 Å². The highest BCUT2D eigenvalue weighted by atomic mass is 127. The van der Waals surface area contributed by atoms with Crippen molar-refractivity contribution in [1.29, 1.82) is 0 Å². The highest BCUT2D eigenvalue weighted by molar-refractivity contribution is 14.1. The van der Waals surface area contributed by atoms with E-state index in [0.29, 0.717) is 15.8 Å². The predicted octanol–water partition coefficient (Wildman–Crippen LogP) is 3.71. The second-order valence-electron chi connectivity index (χ2n) is 3.40. The van der Waals surface area contributed by atoms with Crippen LogP contribution in [0.4, 0.5) is 0 Å². The van der Waals surface area contributed by atoms with Gasteiger partial charge < -0.3 is 0 Å². The normalized spacial score (nSPS) is 18.8. The molecule has 0 fully saturated rings. The summed E-state index contributed by atoms with van der Waals surface area (Å²) in [5.41, 5.74) is 0. The van der Waals surface area contributed by atoms with E-state index < -0.39 is 0 Å². The second-order valence-corrected chi connectivity index (χ2v) is 5.91. The molecular weight excluding hydrogens is 378 g/mol. The Hall–Kier alpha value is 1.42. The summed E-state index contributed by atoms with van der Waals surface area (Å²) in [4.78, 5) is 0. The maximum atomic E-state index is 10.6. The molecule has 0 amide bonds. The van der Waals surface area contributed by atoms with Gasteiger partial charge in [-0.3, -0.25) is 0 Å². The molecule has 12 heavy (non-hydrogen) atoms. The molecule has 3 heteroatoms. The Morgan fingerprint density at radius 2 is 1.83 bits per heavy atom. The van der Waals surface area contributed by atoms with Crippen molar-refractivity contribution in [2.45, 2.75) is 30.6 Å². The molecule has 0 bridgehead atoms. The average Bonchev–Trinajstić information content (AvgIpc) is 2.11. The first-order valence-corrected chi connectivity index (χ1v) is 7.18. The third kappa shape index (κ3) is 5.21. The molecule has 3 unspecified atom stereocenters. The summed E-state index contributed by atoms with van der Waals surface area (Å²) in [6.07, 6.45) is 2.55. The van der Waals surface area contributed by atoms with E-state index in [4.69, 9.17) is 0 Å². The first-order chi connectivity index (χ1) is 5.63. The van der Waals surface area contributed by atoms with Crippen molar-refractivity contribution in [3.63, 3.8) is 0 Å². The van der Waals surface area contributed by atoms with Gasteiger partial charge in [0.15, 0.2) is 0 Å². The topological polar surface area (TPSA) is 19.9 Å². The minimum Gasteiger partial charge on any atom is -0.236 e. The summed E-state index contributed by atoms with van der Waals surface area (Å²) >= 11 is 4.84. The maximum Gasteiger partial charge on any atom is 0.0857 e. The zero-order valence-corrected chi connectivity index (χ0v) is 12.0. The van der Waals surface area contributed by atoms with E-state index in [1.165, 1.54) is 17.3 Å². The Morgan fingerprint density at radius 1 is 1.25 bits per heavy atom. The van der Waals surface area contributed by atoms with Gasteiger partial charge in [-0.25, -0.2) is 5.11 Å². The number of hydrogen-bond acceptors (Lipinski definition) is 0. The molecule has 1 nitrogen and oxygen atoms in total. The van der Waals surface area contributed by atoms with E-state index in [-0.39, 0.29) is 6.61 Å². The molecule has 0 aromatic carbocycles. The molecule has 1 radical (unpaired) electrons. The molecule has 3 atom stereocenters. The van der Waals surface area contributed by atoms with Gasteiger partial charge in [-0.15, -0.1) is 0 Å². The van der Waals surface area contributed by atoms with Crippen LogP contribution in [0.5, 0.6) is 0 Å². The van der Waals surface area contributed by atoms with Crippen LogP contribution in [-0.2, 0) is 5.11 Å². The molecule has 0 spiro atoms. The van der Waals surface area contributed by atoms with Crippen molar-refractivity contribution in [3.05, 3.63) is 0 Å². The molecule has 0 aliphatic rings. The lowest BCUT2D eigenvalue weighted by atomic mass is 9.94. The molecule has 0 aromatic rings. The van der Waals surface area contributed by atoms with Crippen molar-refractivity contribution >= 4 is 45.2 Å². The fraction of sp³-hybridized carbons (Fsp3) is 1.00. The molecule has 0 rings (SSSR count). The Labute approximate surface area is 103 Å². The number of hydrogen-bond donors (Lipinski definition) is 0. The minimum atomic E-state index is 0.0716. The van der Waals surface area contributed by atoms with E-state index in [1.54, 1.807) is 0 Å². The summed E-state index contributed by atoms with van der Waals surface area (Å²) in [7, 11) is 0. The lowest BCUT2D eigenvalue weighted by Crippen LogP contribution is -2.21. The Morgan fingerprint density at radius 3 is 2.25 bits per heavy atom. The average molecular weight is 395 g/mol. The first-order valence-electron chi connectivity index (χ1n) is 4.41. The van der Waals surface area contributed by atoms with Gasteiger partial charge in [-0.05, 0) is 29.1 Å². The number of rotatable bonds is 6. The van der Waals surface area contributed by atoms with E-state index in [9.17, 15) is 5.11 Å². The fourth-order valence-electron chi connectivity index (χ4n) is 1.21. The molecule has 0 saturated heterocycles. The summed E-state index contributed by atoms with van der Waals surface area (Å²) in [5.74, 6) is 1.03. The predicted molar refractivity (Wildman–Crippen MR) is 69.8 cm³/mol. The summed E-state index contributed by atoms with van der Waals surface area (Å²) in [5, 5.41) is 10.6. The van der Waals surface area contributed by atoms with Crippen LogP contribution in [0.1, 0.15) is 26.7 Å². The largest absolute Gasteiger partial charge is 0.236 e.